The Kier molecular flexibility index (Phi) is 17.5. The van der Waals surface area contributed by atoms with Crippen LogP contribution in [0.4, 0.5) is 0 Å². The summed E-state index contributed by atoms with van der Waals surface area (Å²) in [5, 5.41) is 10.1. The Labute approximate surface area is 282 Å². The number of phenolic OH excluding ortho intramolecular Hbond substituents is 1. The number of aromatic hydroxyl groups is 1. The summed E-state index contributed by atoms with van der Waals surface area (Å²) in [6.45, 7) is 5.74. The highest BCUT2D eigenvalue weighted by atomic mass is 16.5. The molecule has 0 unspecified atom stereocenters. The lowest BCUT2D eigenvalue weighted by molar-refractivity contribution is 0.102. The first-order valence-corrected chi connectivity index (χ1v) is 17.4. The van der Waals surface area contributed by atoms with Gasteiger partial charge in [-0.05, 0) is 37.1 Å². The van der Waals surface area contributed by atoms with Gasteiger partial charge < -0.3 is 14.6 Å². The van der Waals surface area contributed by atoms with E-state index in [1.54, 1.807) is 24.3 Å². The van der Waals surface area contributed by atoms with Crippen molar-refractivity contribution < 1.29 is 24.2 Å². The molecule has 4 rings (SSSR count). The second-order valence-corrected chi connectivity index (χ2v) is 11.8. The first kappa shape index (κ1) is 37.1. The molecule has 0 aromatic heterocycles. The van der Waals surface area contributed by atoms with Gasteiger partial charge in [0.2, 0.25) is 0 Å². The van der Waals surface area contributed by atoms with Crippen molar-refractivity contribution in [1.82, 2.24) is 0 Å². The van der Waals surface area contributed by atoms with Crippen LogP contribution in [0.15, 0.2) is 103 Å². The Bertz CT molecular complexity index is 1450. The number of hydrogen-bond acceptors (Lipinski definition) is 5. The molecular weight excluding hydrogens is 584 g/mol. The number of ether oxygens (including phenoxy) is 2. The van der Waals surface area contributed by atoms with E-state index in [-0.39, 0.29) is 17.3 Å². The fourth-order valence-corrected chi connectivity index (χ4v) is 5.20. The van der Waals surface area contributed by atoms with Gasteiger partial charge in [-0.25, -0.2) is 0 Å². The number of carbonyl (C=O) groups is 2. The fourth-order valence-electron chi connectivity index (χ4n) is 5.20. The van der Waals surface area contributed by atoms with Gasteiger partial charge in [0.05, 0.1) is 24.3 Å². The number of phenols is 1. The molecule has 4 aromatic carbocycles. The van der Waals surface area contributed by atoms with Crippen molar-refractivity contribution in [3.05, 3.63) is 125 Å². The van der Waals surface area contributed by atoms with E-state index in [0.717, 1.165) is 19.3 Å². The normalized spacial score (nSPS) is 10.5. The van der Waals surface area contributed by atoms with Gasteiger partial charge >= 0.3 is 0 Å². The SMILES string of the molecule is CCCCCCCCOc1ccc(C(=O)c2ccccc2)c(O)c1.CCCCCCCCOc1ccccc1C(=O)c1ccccc1. The molecule has 0 saturated heterocycles. The third-order valence-electron chi connectivity index (χ3n) is 7.94. The number of rotatable bonds is 20. The van der Waals surface area contributed by atoms with Crippen LogP contribution in [0, 0.1) is 0 Å². The molecule has 1 N–H and O–H groups in total. The summed E-state index contributed by atoms with van der Waals surface area (Å²) in [5.41, 5.74) is 2.20. The molecule has 0 radical (unpaired) electrons. The Morgan fingerprint density at radius 3 is 1.53 bits per heavy atom. The van der Waals surface area contributed by atoms with E-state index in [2.05, 4.69) is 13.8 Å². The predicted molar refractivity (Wildman–Crippen MR) is 192 cm³/mol. The van der Waals surface area contributed by atoms with Gasteiger partial charge in [0.25, 0.3) is 0 Å². The molecule has 0 spiro atoms. The van der Waals surface area contributed by atoms with Crippen LogP contribution in [0.2, 0.25) is 0 Å². The number of hydrogen-bond donors (Lipinski definition) is 1. The summed E-state index contributed by atoms with van der Waals surface area (Å²) in [6.07, 6.45) is 14.6. The zero-order chi connectivity index (χ0) is 33.5. The number of benzene rings is 4. The lowest BCUT2D eigenvalue weighted by atomic mass is 10.0. The number of ketones is 2. The lowest BCUT2D eigenvalue weighted by Crippen LogP contribution is -2.06. The van der Waals surface area contributed by atoms with Crippen molar-refractivity contribution in [3.63, 3.8) is 0 Å². The second-order valence-electron chi connectivity index (χ2n) is 11.8. The molecule has 0 aliphatic rings. The van der Waals surface area contributed by atoms with E-state index < -0.39 is 0 Å². The topological polar surface area (TPSA) is 72.8 Å². The molecule has 0 atom stereocenters. The highest BCUT2D eigenvalue weighted by molar-refractivity contribution is 6.11. The molecule has 0 aliphatic carbocycles. The molecule has 5 nitrogen and oxygen atoms in total. The highest BCUT2D eigenvalue weighted by Crippen LogP contribution is 2.26. The van der Waals surface area contributed by atoms with Gasteiger partial charge in [-0.15, -0.1) is 0 Å². The maximum atomic E-state index is 12.6. The van der Waals surface area contributed by atoms with E-state index in [1.165, 1.54) is 63.9 Å². The minimum atomic E-state index is -0.185. The van der Waals surface area contributed by atoms with Gasteiger partial charge in [-0.2, -0.15) is 0 Å². The molecule has 0 bridgehead atoms. The van der Waals surface area contributed by atoms with Crippen LogP contribution in [0.3, 0.4) is 0 Å². The van der Waals surface area contributed by atoms with Crippen LogP contribution < -0.4 is 9.47 Å². The fraction of sp³-hybridized carbons (Fsp3) is 0.381. The first-order chi connectivity index (χ1) is 23.0. The average molecular weight is 637 g/mol. The summed E-state index contributed by atoms with van der Waals surface area (Å²) in [6, 6.07) is 30.7. The predicted octanol–water partition coefficient (Wildman–Crippen LogP) is 11.0. The van der Waals surface area contributed by atoms with Gasteiger partial charge in [0.15, 0.2) is 11.6 Å². The molecular formula is C42H52O5. The third kappa shape index (κ3) is 13.5. The molecule has 0 amide bonds. The van der Waals surface area contributed by atoms with Gasteiger partial charge in [-0.1, -0.05) is 151 Å². The number of unbranched alkanes of at least 4 members (excludes halogenated alkanes) is 10. The molecule has 250 valence electrons. The third-order valence-corrected chi connectivity index (χ3v) is 7.94. The van der Waals surface area contributed by atoms with Crippen LogP contribution in [-0.4, -0.2) is 29.9 Å². The van der Waals surface area contributed by atoms with Crippen LogP contribution in [0.25, 0.3) is 0 Å². The minimum absolute atomic E-state index is 0.0177. The summed E-state index contributed by atoms with van der Waals surface area (Å²) in [4.78, 5) is 25.0. The summed E-state index contributed by atoms with van der Waals surface area (Å²) in [5.74, 6) is 1.09. The van der Waals surface area contributed by atoms with Gasteiger partial charge in [-0.3, -0.25) is 9.59 Å². The summed E-state index contributed by atoms with van der Waals surface area (Å²) in [7, 11) is 0. The van der Waals surface area contributed by atoms with E-state index >= 15 is 0 Å². The van der Waals surface area contributed by atoms with Crippen molar-refractivity contribution in [3.8, 4) is 17.2 Å². The maximum Gasteiger partial charge on any atom is 0.196 e. The van der Waals surface area contributed by atoms with E-state index in [1.807, 2.05) is 72.8 Å². The zero-order valence-corrected chi connectivity index (χ0v) is 28.3. The second kappa shape index (κ2) is 22.2. The maximum absolute atomic E-state index is 12.6. The van der Waals surface area contributed by atoms with Crippen molar-refractivity contribution in [1.29, 1.82) is 0 Å². The molecule has 0 fully saturated rings. The lowest BCUT2D eigenvalue weighted by Gasteiger charge is -2.11. The Hall–Kier alpha value is -4.38. The standard InChI is InChI=1S/C21H26O3.C21H26O2/c1-2-3-4-5-6-10-15-24-18-13-14-19(20(22)16-18)21(23)17-11-8-7-9-12-17;1-2-3-4-5-6-12-17-23-20-16-11-10-15-19(20)21(22)18-13-8-7-9-14-18/h7-9,11-14,16,22H,2-6,10,15H2,1H3;7-11,13-16H,2-6,12,17H2,1H3. The van der Waals surface area contributed by atoms with Gasteiger partial charge in [0.1, 0.15) is 17.2 Å². The number of carbonyl (C=O) groups excluding carboxylic acids is 2. The Balaban J connectivity index is 0.000000256. The Morgan fingerprint density at radius 1 is 0.511 bits per heavy atom. The number of para-hydroxylation sites is 1. The largest absolute Gasteiger partial charge is 0.507 e. The van der Waals surface area contributed by atoms with Gasteiger partial charge in [0, 0.05) is 17.2 Å². The first-order valence-electron chi connectivity index (χ1n) is 17.4. The quantitative estimate of drug-likeness (QED) is 0.0772. The zero-order valence-electron chi connectivity index (χ0n) is 28.3. The van der Waals surface area contributed by atoms with Crippen molar-refractivity contribution in [2.75, 3.05) is 13.2 Å². The Morgan fingerprint density at radius 2 is 0.979 bits per heavy atom. The highest BCUT2D eigenvalue weighted by Gasteiger charge is 2.15. The molecule has 0 aliphatic heterocycles. The molecule has 4 aromatic rings. The summed E-state index contributed by atoms with van der Waals surface area (Å²) >= 11 is 0. The van der Waals surface area contributed by atoms with Crippen LogP contribution >= 0.6 is 0 Å². The van der Waals surface area contributed by atoms with Crippen LogP contribution in [0.1, 0.15) is 123 Å². The van der Waals surface area contributed by atoms with E-state index in [0.29, 0.717) is 47.0 Å². The smallest absolute Gasteiger partial charge is 0.196 e. The van der Waals surface area contributed by atoms with Crippen LogP contribution in [-0.2, 0) is 0 Å². The summed E-state index contributed by atoms with van der Waals surface area (Å²) < 4.78 is 11.5. The molecule has 47 heavy (non-hydrogen) atoms. The van der Waals surface area contributed by atoms with E-state index in [9.17, 15) is 14.7 Å². The van der Waals surface area contributed by atoms with Crippen molar-refractivity contribution in [2.45, 2.75) is 90.9 Å². The average Bonchev–Trinajstić information content (AvgIpc) is 3.11. The van der Waals surface area contributed by atoms with Crippen molar-refractivity contribution >= 4 is 11.6 Å². The molecule has 0 saturated carbocycles. The molecule has 5 heteroatoms. The van der Waals surface area contributed by atoms with Crippen LogP contribution in [0.5, 0.6) is 17.2 Å². The minimum Gasteiger partial charge on any atom is -0.507 e. The monoisotopic (exact) mass is 636 g/mol. The van der Waals surface area contributed by atoms with Crippen molar-refractivity contribution in [2.24, 2.45) is 0 Å². The molecule has 0 heterocycles. The van der Waals surface area contributed by atoms with E-state index in [4.69, 9.17) is 9.47 Å².